The lowest BCUT2D eigenvalue weighted by atomic mass is 10.0. The van der Waals surface area contributed by atoms with Gasteiger partial charge < -0.3 is 14.8 Å². The zero-order chi connectivity index (χ0) is 19.4. The standard InChI is InChI=1S/C16H15F6NO3/c17-15(18,19)11-5-10(6-12(7-11)16(20,21)22)1-2-14(24)23-8-13-9-25-3-4-26-13/h1-2,5-7,13H,3-4,8-9H2,(H,23,24)/b2-1+. The Kier molecular flexibility index (Phi) is 6.30. The molecule has 1 aromatic carbocycles. The fourth-order valence-corrected chi connectivity index (χ4v) is 2.17. The van der Waals surface area contributed by atoms with Gasteiger partial charge in [0.2, 0.25) is 5.91 Å². The van der Waals surface area contributed by atoms with E-state index in [2.05, 4.69) is 5.32 Å². The maximum absolute atomic E-state index is 12.8. The Hall–Kier alpha value is -2.07. The highest BCUT2D eigenvalue weighted by Crippen LogP contribution is 2.36. The van der Waals surface area contributed by atoms with Gasteiger partial charge in [-0.2, -0.15) is 26.3 Å². The van der Waals surface area contributed by atoms with Crippen LogP contribution in [-0.2, 0) is 26.6 Å². The Labute approximate surface area is 144 Å². The summed E-state index contributed by atoms with van der Waals surface area (Å²) in [6.45, 7) is 1.22. The average molecular weight is 383 g/mol. The van der Waals surface area contributed by atoms with Crippen LogP contribution in [0, 0.1) is 0 Å². The predicted octanol–water partition coefficient (Wildman–Crippen LogP) is 3.27. The highest BCUT2D eigenvalue weighted by Gasteiger charge is 2.36. The molecule has 1 amide bonds. The molecule has 2 rings (SSSR count). The normalized spacial score (nSPS) is 18.9. The number of nitrogens with one attached hydrogen (secondary N) is 1. The molecule has 144 valence electrons. The fourth-order valence-electron chi connectivity index (χ4n) is 2.17. The largest absolute Gasteiger partial charge is 0.416 e. The number of rotatable bonds is 4. The molecule has 1 aliphatic rings. The van der Waals surface area contributed by atoms with Gasteiger partial charge in [0.05, 0.1) is 37.1 Å². The monoisotopic (exact) mass is 383 g/mol. The maximum atomic E-state index is 12.8. The second-order valence-electron chi connectivity index (χ2n) is 5.49. The van der Waals surface area contributed by atoms with E-state index in [1.807, 2.05) is 0 Å². The zero-order valence-corrected chi connectivity index (χ0v) is 13.3. The van der Waals surface area contributed by atoms with E-state index in [1.54, 1.807) is 0 Å². The van der Waals surface area contributed by atoms with Gasteiger partial charge in [-0.15, -0.1) is 0 Å². The lowest BCUT2D eigenvalue weighted by Gasteiger charge is -2.22. The van der Waals surface area contributed by atoms with Crippen molar-refractivity contribution in [3.8, 4) is 0 Å². The van der Waals surface area contributed by atoms with Crippen LogP contribution in [0.25, 0.3) is 6.08 Å². The highest BCUT2D eigenvalue weighted by atomic mass is 19.4. The maximum Gasteiger partial charge on any atom is 0.416 e. The molecule has 1 atom stereocenters. The molecule has 0 aliphatic carbocycles. The molecule has 1 fully saturated rings. The lowest BCUT2D eigenvalue weighted by molar-refractivity contribution is -0.143. The Morgan fingerprint density at radius 2 is 1.69 bits per heavy atom. The van der Waals surface area contributed by atoms with E-state index >= 15 is 0 Å². The van der Waals surface area contributed by atoms with Gasteiger partial charge >= 0.3 is 12.4 Å². The molecular weight excluding hydrogens is 368 g/mol. The first-order valence-electron chi connectivity index (χ1n) is 7.50. The van der Waals surface area contributed by atoms with Gasteiger partial charge in [-0.25, -0.2) is 0 Å². The van der Waals surface area contributed by atoms with Crippen LogP contribution in [0.1, 0.15) is 16.7 Å². The summed E-state index contributed by atoms with van der Waals surface area (Å²) in [4.78, 5) is 11.7. The third kappa shape index (κ3) is 6.03. The third-order valence-corrected chi connectivity index (χ3v) is 3.43. The summed E-state index contributed by atoms with van der Waals surface area (Å²) < 4.78 is 87.0. The van der Waals surface area contributed by atoms with Gasteiger partial charge in [0, 0.05) is 12.6 Å². The number of amides is 1. The molecular formula is C16H15F6NO3. The molecule has 0 spiro atoms. The molecule has 0 radical (unpaired) electrons. The Bertz CT molecular complexity index is 631. The van der Waals surface area contributed by atoms with Gasteiger partial charge in [0.25, 0.3) is 0 Å². The minimum Gasteiger partial charge on any atom is -0.376 e. The summed E-state index contributed by atoms with van der Waals surface area (Å²) in [5.41, 5.74) is -3.28. The summed E-state index contributed by atoms with van der Waals surface area (Å²) in [6.07, 6.45) is -8.49. The predicted molar refractivity (Wildman–Crippen MR) is 79.0 cm³/mol. The van der Waals surface area contributed by atoms with E-state index in [0.717, 1.165) is 12.2 Å². The number of benzene rings is 1. The molecule has 4 nitrogen and oxygen atoms in total. The van der Waals surface area contributed by atoms with Crippen LogP contribution in [0.5, 0.6) is 0 Å². The first-order valence-corrected chi connectivity index (χ1v) is 7.50. The summed E-state index contributed by atoms with van der Waals surface area (Å²) in [6, 6.07) is 1.10. The van der Waals surface area contributed by atoms with E-state index < -0.39 is 29.4 Å². The molecule has 1 aromatic rings. The fraction of sp³-hybridized carbons (Fsp3) is 0.438. The Balaban J connectivity index is 2.09. The van der Waals surface area contributed by atoms with Gasteiger partial charge in [-0.05, 0) is 29.8 Å². The topological polar surface area (TPSA) is 47.6 Å². The minimum atomic E-state index is -4.94. The molecule has 26 heavy (non-hydrogen) atoms. The number of alkyl halides is 6. The SMILES string of the molecule is O=C(/C=C/c1cc(C(F)(F)F)cc(C(F)(F)F)c1)NCC1COCCO1. The summed E-state index contributed by atoms with van der Waals surface area (Å²) in [5.74, 6) is -0.676. The van der Waals surface area contributed by atoms with Crippen molar-refractivity contribution in [2.24, 2.45) is 0 Å². The van der Waals surface area contributed by atoms with Crippen molar-refractivity contribution in [3.05, 3.63) is 41.0 Å². The molecule has 1 saturated heterocycles. The van der Waals surface area contributed by atoms with Crippen LogP contribution in [-0.4, -0.2) is 38.4 Å². The van der Waals surface area contributed by atoms with E-state index in [0.29, 0.717) is 25.3 Å². The summed E-state index contributed by atoms with van der Waals surface area (Å²) in [5, 5.41) is 2.44. The van der Waals surface area contributed by atoms with E-state index in [1.165, 1.54) is 0 Å². The van der Waals surface area contributed by atoms with Crippen molar-refractivity contribution in [1.82, 2.24) is 5.32 Å². The molecule has 10 heteroatoms. The first kappa shape index (κ1) is 20.2. The number of carbonyl (C=O) groups excluding carboxylic acids is 1. The van der Waals surface area contributed by atoms with E-state index in [9.17, 15) is 31.1 Å². The lowest BCUT2D eigenvalue weighted by Crippen LogP contribution is -2.39. The molecule has 1 N–H and O–H groups in total. The zero-order valence-electron chi connectivity index (χ0n) is 13.3. The number of halogens is 6. The van der Waals surface area contributed by atoms with E-state index in [4.69, 9.17) is 9.47 Å². The summed E-state index contributed by atoms with van der Waals surface area (Å²) >= 11 is 0. The van der Waals surface area contributed by atoms with Crippen molar-refractivity contribution in [2.45, 2.75) is 18.5 Å². The summed E-state index contributed by atoms with van der Waals surface area (Å²) in [7, 11) is 0. The molecule has 1 unspecified atom stereocenters. The number of hydrogen-bond acceptors (Lipinski definition) is 3. The van der Waals surface area contributed by atoms with Gasteiger partial charge in [0.15, 0.2) is 0 Å². The third-order valence-electron chi connectivity index (χ3n) is 3.43. The van der Waals surface area contributed by atoms with Crippen LogP contribution in [0.4, 0.5) is 26.3 Å². The van der Waals surface area contributed by atoms with Crippen molar-refractivity contribution in [2.75, 3.05) is 26.4 Å². The molecule has 0 bridgehead atoms. The van der Waals surface area contributed by atoms with Crippen LogP contribution in [0.3, 0.4) is 0 Å². The Morgan fingerprint density at radius 1 is 1.08 bits per heavy atom. The second-order valence-corrected chi connectivity index (χ2v) is 5.49. The van der Waals surface area contributed by atoms with Crippen molar-refractivity contribution < 1.29 is 40.6 Å². The van der Waals surface area contributed by atoms with Gasteiger partial charge in [-0.3, -0.25) is 4.79 Å². The quantitative estimate of drug-likeness (QED) is 0.641. The molecule has 1 heterocycles. The van der Waals surface area contributed by atoms with Crippen molar-refractivity contribution in [1.29, 1.82) is 0 Å². The first-order chi connectivity index (χ1) is 12.1. The van der Waals surface area contributed by atoms with Crippen LogP contribution in [0.15, 0.2) is 24.3 Å². The Morgan fingerprint density at radius 3 is 2.19 bits per heavy atom. The van der Waals surface area contributed by atoms with Crippen molar-refractivity contribution >= 4 is 12.0 Å². The smallest absolute Gasteiger partial charge is 0.376 e. The minimum absolute atomic E-state index is 0.0256. The second kappa shape index (κ2) is 8.09. The van der Waals surface area contributed by atoms with E-state index in [-0.39, 0.29) is 30.9 Å². The molecule has 0 aromatic heterocycles. The number of carbonyl (C=O) groups is 1. The number of ether oxygens (including phenoxy) is 2. The van der Waals surface area contributed by atoms with Crippen LogP contribution < -0.4 is 5.32 Å². The number of hydrogen-bond donors (Lipinski definition) is 1. The molecule has 1 aliphatic heterocycles. The van der Waals surface area contributed by atoms with Gasteiger partial charge in [0.1, 0.15) is 0 Å². The highest BCUT2D eigenvalue weighted by molar-refractivity contribution is 5.91. The van der Waals surface area contributed by atoms with Crippen LogP contribution in [0.2, 0.25) is 0 Å². The van der Waals surface area contributed by atoms with Crippen molar-refractivity contribution in [3.63, 3.8) is 0 Å². The molecule has 0 saturated carbocycles. The van der Waals surface area contributed by atoms with Gasteiger partial charge in [-0.1, -0.05) is 0 Å². The average Bonchev–Trinajstić information content (AvgIpc) is 2.57. The van der Waals surface area contributed by atoms with Crippen LogP contribution >= 0.6 is 0 Å².